The number of phenolic OH excluding ortho intramolecular Hbond substituents is 1. The summed E-state index contributed by atoms with van der Waals surface area (Å²) in [5.74, 6) is 1.18. The van der Waals surface area contributed by atoms with E-state index in [4.69, 9.17) is 11.6 Å². The van der Waals surface area contributed by atoms with Gasteiger partial charge in [-0.25, -0.2) is 4.98 Å². The number of aromatic hydroxyl groups is 1. The first kappa shape index (κ1) is 21.0. The first-order valence-corrected chi connectivity index (χ1v) is 11.9. The van der Waals surface area contributed by atoms with E-state index in [0.29, 0.717) is 32.6 Å². The maximum atomic E-state index is 12.7. The van der Waals surface area contributed by atoms with Gasteiger partial charge < -0.3 is 14.9 Å². The molecule has 1 aliphatic heterocycles. The van der Waals surface area contributed by atoms with Crippen molar-refractivity contribution in [1.82, 2.24) is 9.88 Å². The predicted molar refractivity (Wildman–Crippen MR) is 124 cm³/mol. The van der Waals surface area contributed by atoms with Gasteiger partial charge in [-0.1, -0.05) is 47.6 Å². The van der Waals surface area contributed by atoms with Crippen molar-refractivity contribution in [3.8, 4) is 5.75 Å². The van der Waals surface area contributed by atoms with E-state index >= 15 is 0 Å². The molecule has 2 heterocycles. The zero-order chi connectivity index (χ0) is 20.9. The van der Waals surface area contributed by atoms with Gasteiger partial charge in [0, 0.05) is 42.3 Å². The van der Waals surface area contributed by atoms with E-state index < -0.39 is 0 Å². The minimum Gasteiger partial charge on any atom is -0.506 e. The third kappa shape index (κ3) is 5.28. The molecular formula is C22H22ClN3O2S2. The number of hydrogen-bond donors (Lipinski definition) is 1. The topological polar surface area (TPSA) is 56.7 Å². The number of phenols is 1. The molecule has 0 unspecified atom stereocenters. The molecule has 2 aromatic carbocycles. The second-order valence-electron chi connectivity index (χ2n) is 7.06. The summed E-state index contributed by atoms with van der Waals surface area (Å²) in [6, 6.07) is 15.1. The molecule has 3 aromatic rings. The molecule has 0 radical (unpaired) electrons. The average molecular weight is 460 g/mol. The first-order chi connectivity index (χ1) is 14.6. The fourth-order valence-corrected chi connectivity index (χ4v) is 5.40. The van der Waals surface area contributed by atoms with Crippen LogP contribution in [0.5, 0.6) is 5.75 Å². The Labute approximate surface area is 189 Å². The minimum atomic E-state index is 0.101. The fourth-order valence-electron chi connectivity index (χ4n) is 3.40. The Morgan fingerprint density at radius 2 is 1.93 bits per heavy atom. The van der Waals surface area contributed by atoms with Gasteiger partial charge in [0.2, 0.25) is 5.91 Å². The quantitative estimate of drug-likeness (QED) is 0.542. The smallest absolute Gasteiger partial charge is 0.228 e. The normalized spacial score (nSPS) is 14.2. The minimum absolute atomic E-state index is 0.101. The molecule has 4 rings (SSSR count). The highest BCUT2D eigenvalue weighted by Crippen LogP contribution is 2.29. The number of carbonyl (C=O) groups is 1. The number of amides is 1. The second kappa shape index (κ2) is 9.73. The number of benzene rings is 2. The Morgan fingerprint density at radius 3 is 2.70 bits per heavy atom. The standard InChI is InChI=1S/C22H22ClN3O2S2/c23-17-5-3-4-16(12-17)14-29-22-24-18(15-30-22)13-21(28)26-10-8-25(9-11-26)19-6-1-2-7-20(19)27/h1-7,12,15,27H,8-11,13-14H2. The zero-order valence-corrected chi connectivity index (χ0v) is 18.7. The monoisotopic (exact) mass is 459 g/mol. The van der Waals surface area contributed by atoms with Gasteiger partial charge >= 0.3 is 0 Å². The molecule has 0 saturated carbocycles. The van der Waals surface area contributed by atoms with E-state index in [-0.39, 0.29) is 11.7 Å². The van der Waals surface area contributed by atoms with E-state index in [1.807, 2.05) is 52.7 Å². The SMILES string of the molecule is O=C(Cc1csc(SCc2cccc(Cl)c2)n1)N1CCN(c2ccccc2O)CC1. The molecule has 0 bridgehead atoms. The lowest BCUT2D eigenvalue weighted by Gasteiger charge is -2.36. The Kier molecular flexibility index (Phi) is 6.82. The lowest BCUT2D eigenvalue weighted by Crippen LogP contribution is -2.49. The Morgan fingerprint density at radius 1 is 1.13 bits per heavy atom. The highest BCUT2D eigenvalue weighted by atomic mass is 35.5. The van der Waals surface area contributed by atoms with Crippen LogP contribution in [0, 0.1) is 0 Å². The lowest BCUT2D eigenvalue weighted by molar-refractivity contribution is -0.130. The summed E-state index contributed by atoms with van der Waals surface area (Å²) < 4.78 is 0.960. The Hall–Kier alpha value is -2.22. The van der Waals surface area contributed by atoms with Gasteiger partial charge in [-0.05, 0) is 29.8 Å². The van der Waals surface area contributed by atoms with E-state index in [0.717, 1.165) is 32.1 Å². The Bertz CT molecular complexity index is 1020. The first-order valence-electron chi connectivity index (χ1n) is 9.71. The molecular weight excluding hydrogens is 438 g/mol. The van der Waals surface area contributed by atoms with Crippen molar-refractivity contribution in [3.05, 3.63) is 70.2 Å². The third-order valence-electron chi connectivity index (χ3n) is 4.97. The molecule has 30 heavy (non-hydrogen) atoms. The third-order valence-corrected chi connectivity index (χ3v) is 7.35. The van der Waals surface area contributed by atoms with Crippen LogP contribution in [-0.2, 0) is 17.0 Å². The van der Waals surface area contributed by atoms with Gasteiger partial charge in [0.25, 0.3) is 0 Å². The summed E-state index contributed by atoms with van der Waals surface area (Å²) in [5, 5.41) is 12.7. The highest BCUT2D eigenvalue weighted by molar-refractivity contribution is 8.00. The van der Waals surface area contributed by atoms with Gasteiger partial charge in [-0.2, -0.15) is 0 Å². The highest BCUT2D eigenvalue weighted by Gasteiger charge is 2.23. The number of nitrogens with zero attached hydrogens (tertiary/aromatic N) is 3. The van der Waals surface area contributed by atoms with Gasteiger partial charge in [0.15, 0.2) is 0 Å². The number of thioether (sulfide) groups is 1. The van der Waals surface area contributed by atoms with E-state index in [9.17, 15) is 9.90 Å². The van der Waals surface area contributed by atoms with Crippen LogP contribution in [0.2, 0.25) is 5.02 Å². The van der Waals surface area contributed by atoms with Crippen molar-refractivity contribution in [2.24, 2.45) is 0 Å². The number of piperazine rings is 1. The lowest BCUT2D eigenvalue weighted by atomic mass is 10.2. The summed E-state index contributed by atoms with van der Waals surface area (Å²) in [4.78, 5) is 21.3. The number of halogens is 1. The van der Waals surface area contributed by atoms with Gasteiger partial charge in [0.1, 0.15) is 10.1 Å². The number of aromatic nitrogens is 1. The number of carbonyl (C=O) groups excluding carboxylic acids is 1. The number of para-hydroxylation sites is 2. The van der Waals surface area contributed by atoms with E-state index in [1.165, 1.54) is 0 Å². The van der Waals surface area contributed by atoms with Crippen molar-refractivity contribution < 1.29 is 9.90 Å². The molecule has 1 fully saturated rings. The largest absolute Gasteiger partial charge is 0.506 e. The van der Waals surface area contributed by atoms with Gasteiger partial charge in [-0.3, -0.25) is 4.79 Å². The molecule has 1 aromatic heterocycles. The summed E-state index contributed by atoms with van der Waals surface area (Å²) in [6.45, 7) is 2.71. The van der Waals surface area contributed by atoms with Crippen LogP contribution >= 0.6 is 34.7 Å². The van der Waals surface area contributed by atoms with E-state index in [2.05, 4.69) is 9.88 Å². The number of anilines is 1. The molecule has 5 nitrogen and oxygen atoms in total. The molecule has 156 valence electrons. The summed E-state index contributed by atoms with van der Waals surface area (Å²) in [7, 11) is 0. The van der Waals surface area contributed by atoms with Gasteiger partial charge in [-0.15, -0.1) is 11.3 Å². The fraction of sp³-hybridized carbons (Fsp3) is 0.273. The van der Waals surface area contributed by atoms with Crippen molar-refractivity contribution in [2.75, 3.05) is 31.1 Å². The number of rotatable bonds is 6. The van der Waals surface area contributed by atoms with Crippen LogP contribution in [0.25, 0.3) is 0 Å². The molecule has 0 aliphatic carbocycles. The molecule has 1 aliphatic rings. The molecule has 0 spiro atoms. The number of hydrogen-bond acceptors (Lipinski definition) is 6. The van der Waals surface area contributed by atoms with E-state index in [1.54, 1.807) is 29.2 Å². The molecule has 1 saturated heterocycles. The zero-order valence-electron chi connectivity index (χ0n) is 16.3. The van der Waals surface area contributed by atoms with Crippen molar-refractivity contribution in [3.63, 3.8) is 0 Å². The molecule has 1 N–H and O–H groups in total. The summed E-state index contributed by atoms with van der Waals surface area (Å²) >= 11 is 9.27. The summed E-state index contributed by atoms with van der Waals surface area (Å²) in [5.41, 5.74) is 2.80. The summed E-state index contributed by atoms with van der Waals surface area (Å²) in [6.07, 6.45) is 0.324. The average Bonchev–Trinajstić information content (AvgIpc) is 3.20. The van der Waals surface area contributed by atoms with Gasteiger partial charge in [0.05, 0.1) is 17.8 Å². The van der Waals surface area contributed by atoms with Crippen LogP contribution in [0.4, 0.5) is 5.69 Å². The van der Waals surface area contributed by atoms with Crippen LogP contribution < -0.4 is 4.90 Å². The van der Waals surface area contributed by atoms with Crippen LogP contribution in [0.15, 0.2) is 58.3 Å². The van der Waals surface area contributed by atoms with Crippen molar-refractivity contribution >= 4 is 46.3 Å². The number of thiazole rings is 1. The van der Waals surface area contributed by atoms with Crippen LogP contribution in [-0.4, -0.2) is 47.1 Å². The second-order valence-corrected chi connectivity index (χ2v) is 9.57. The van der Waals surface area contributed by atoms with Crippen LogP contribution in [0.3, 0.4) is 0 Å². The van der Waals surface area contributed by atoms with Crippen LogP contribution in [0.1, 0.15) is 11.3 Å². The molecule has 0 atom stereocenters. The molecule has 1 amide bonds. The maximum Gasteiger partial charge on any atom is 0.228 e. The van der Waals surface area contributed by atoms with Crippen molar-refractivity contribution in [2.45, 2.75) is 16.5 Å². The maximum absolute atomic E-state index is 12.7. The molecule has 8 heteroatoms. The predicted octanol–water partition coefficient (Wildman–Crippen LogP) is 4.69. The Balaban J connectivity index is 1.27. The van der Waals surface area contributed by atoms with Crippen molar-refractivity contribution in [1.29, 1.82) is 0 Å².